The zero-order chi connectivity index (χ0) is 36.8. The van der Waals surface area contributed by atoms with Gasteiger partial charge >= 0.3 is 5.96 Å². The van der Waals surface area contributed by atoms with Gasteiger partial charge in [-0.25, -0.2) is 10.6 Å². The molecule has 2 spiro atoms. The SMILES string of the molecule is NCCCCN(CCCN)C(=O)CCCCCCCCCCCCCCCc1ccc2c(c1)[C@@H]1C[C@]3(CCCCO3)NC3=[N+]1[C@@H]2C[C@@]1(CCCCO1)N3.[Cl-]. The molecule has 1 aromatic carbocycles. The number of hydrogen-bond donors (Lipinski definition) is 4. The van der Waals surface area contributed by atoms with Crippen molar-refractivity contribution < 1.29 is 31.3 Å². The van der Waals surface area contributed by atoms with Gasteiger partial charge in [-0.05, 0) is 94.0 Å². The Labute approximate surface area is 333 Å². The first-order chi connectivity index (χ1) is 26.1. The minimum Gasteiger partial charge on any atom is -1.00 e. The van der Waals surface area contributed by atoms with Crippen LogP contribution < -0.4 is 34.5 Å². The Hall–Kier alpha value is -1.91. The number of carbonyl (C=O) groups excluding carboxylic acids is 1. The number of nitrogens with zero attached hydrogens (tertiary/aromatic N) is 2. The molecule has 6 N–H and O–H groups in total. The van der Waals surface area contributed by atoms with Gasteiger partial charge in [-0.2, -0.15) is 0 Å². The van der Waals surface area contributed by atoms with Crippen molar-refractivity contribution in [1.82, 2.24) is 15.5 Å². The molecule has 4 atom stereocenters. The molecule has 2 fully saturated rings. The minimum absolute atomic E-state index is 0. The molecule has 0 aliphatic carbocycles. The average molecular weight is 772 g/mol. The molecule has 54 heavy (non-hydrogen) atoms. The molecule has 6 rings (SSSR count). The van der Waals surface area contributed by atoms with E-state index in [2.05, 4.69) is 33.4 Å². The molecule has 1 amide bonds. The lowest BCUT2D eigenvalue weighted by Crippen LogP contribution is -3.00. The topological polar surface area (TPSA) is 118 Å². The number of amides is 1. The molecule has 5 aliphatic heterocycles. The van der Waals surface area contributed by atoms with Crippen molar-refractivity contribution in [1.29, 1.82) is 0 Å². The van der Waals surface area contributed by atoms with E-state index >= 15 is 0 Å². The standard InChI is InChI=1S/C44H74N6O3.ClH/c45-27-16-17-29-49(30-20-28-46)41(51)22-13-11-9-7-5-3-1-2-4-6-8-10-12-21-36-23-24-37-38(33-36)40-35-44(26-15-19-32-53-44)48-42-47-43(25-14-18-31-52-43)34-39(37)50(40)42;/h23-24,33,39-40H,1-22,25-32,34-35,45-46H2,(H,47,48);1H/t39-,40+,43+,44-;/m1./s1. The van der Waals surface area contributed by atoms with E-state index in [9.17, 15) is 4.79 Å². The number of nitrogens with two attached hydrogens (primary N) is 2. The Morgan fingerprint density at radius 1 is 0.685 bits per heavy atom. The van der Waals surface area contributed by atoms with E-state index in [1.54, 1.807) is 5.56 Å². The molecule has 5 heterocycles. The van der Waals surface area contributed by atoms with Crippen LogP contribution in [0.3, 0.4) is 0 Å². The van der Waals surface area contributed by atoms with Gasteiger partial charge < -0.3 is 38.2 Å². The molecule has 0 unspecified atom stereocenters. The summed E-state index contributed by atoms with van der Waals surface area (Å²) in [6.07, 6.45) is 30.6. The first-order valence-electron chi connectivity index (χ1n) is 22.4. The van der Waals surface area contributed by atoms with Crippen molar-refractivity contribution in [2.24, 2.45) is 11.5 Å². The average Bonchev–Trinajstić information content (AvgIpc) is 3.47. The van der Waals surface area contributed by atoms with Gasteiger partial charge in [0.25, 0.3) is 0 Å². The number of benzene rings is 1. The quantitative estimate of drug-likeness (QED) is 0.0929. The van der Waals surface area contributed by atoms with Gasteiger partial charge in [-0.1, -0.05) is 88.8 Å². The first-order valence-corrected chi connectivity index (χ1v) is 22.4. The van der Waals surface area contributed by atoms with E-state index < -0.39 is 0 Å². The molecule has 9 nitrogen and oxygen atoms in total. The highest BCUT2D eigenvalue weighted by Crippen LogP contribution is 2.51. The number of carbonyl (C=O) groups is 1. The highest BCUT2D eigenvalue weighted by Gasteiger charge is 2.58. The van der Waals surface area contributed by atoms with Gasteiger partial charge in [-0.3, -0.25) is 9.37 Å². The third kappa shape index (κ3) is 11.6. The van der Waals surface area contributed by atoms with Crippen LogP contribution in [0.25, 0.3) is 0 Å². The van der Waals surface area contributed by atoms with Crippen LogP contribution in [-0.4, -0.2) is 72.2 Å². The van der Waals surface area contributed by atoms with E-state index in [-0.39, 0.29) is 23.9 Å². The number of hydrogen-bond acceptors (Lipinski definition) is 7. The maximum Gasteiger partial charge on any atom is 0.351 e. The lowest BCUT2D eigenvalue weighted by Gasteiger charge is -2.47. The second kappa shape index (κ2) is 22.1. The van der Waals surface area contributed by atoms with Gasteiger partial charge in [-0.15, -0.1) is 0 Å². The van der Waals surface area contributed by atoms with Crippen LogP contribution in [0.2, 0.25) is 0 Å². The number of unbranched alkanes of at least 4 members (excludes halogenated alkanes) is 13. The fraction of sp³-hybridized carbons (Fsp3) is 0.818. The monoisotopic (exact) mass is 771 g/mol. The van der Waals surface area contributed by atoms with Gasteiger partial charge in [0.1, 0.15) is 12.1 Å². The van der Waals surface area contributed by atoms with Crippen molar-refractivity contribution in [2.45, 2.75) is 190 Å². The number of nitrogens with one attached hydrogen (secondary N) is 2. The normalized spacial score (nSPS) is 25.5. The van der Waals surface area contributed by atoms with Crippen molar-refractivity contribution in [3.8, 4) is 0 Å². The number of aryl methyl sites for hydroxylation is 1. The molecule has 10 heteroatoms. The van der Waals surface area contributed by atoms with Gasteiger partial charge in [0.2, 0.25) is 5.91 Å². The maximum atomic E-state index is 12.7. The lowest BCUT2D eigenvalue weighted by molar-refractivity contribution is -0.626. The summed E-state index contributed by atoms with van der Waals surface area (Å²) in [4.78, 5) is 14.7. The molecular weight excluding hydrogens is 696 g/mol. The number of guanidine groups is 1. The largest absolute Gasteiger partial charge is 1.00 e. The van der Waals surface area contributed by atoms with Crippen LogP contribution in [0.5, 0.6) is 0 Å². The molecule has 0 radical (unpaired) electrons. The fourth-order valence-electron chi connectivity index (χ4n) is 9.96. The second-order valence-corrected chi connectivity index (χ2v) is 17.1. The number of rotatable bonds is 23. The number of fused-ring (bicyclic) bond motifs is 3. The summed E-state index contributed by atoms with van der Waals surface area (Å²) in [5.74, 6) is 1.45. The summed E-state index contributed by atoms with van der Waals surface area (Å²) in [5.41, 5.74) is 15.4. The van der Waals surface area contributed by atoms with Crippen molar-refractivity contribution in [3.63, 3.8) is 0 Å². The molecule has 1 aromatic rings. The predicted molar refractivity (Wildman–Crippen MR) is 215 cm³/mol. The Balaban J connectivity index is 0.00000561. The summed E-state index contributed by atoms with van der Waals surface area (Å²) >= 11 is 0. The van der Waals surface area contributed by atoms with E-state index in [1.807, 2.05) is 4.90 Å². The highest BCUT2D eigenvalue weighted by molar-refractivity contribution is 5.78. The van der Waals surface area contributed by atoms with E-state index in [4.69, 9.17) is 20.9 Å². The molecule has 0 aromatic heterocycles. The Morgan fingerprint density at radius 3 is 1.78 bits per heavy atom. The Kier molecular flexibility index (Phi) is 17.7. The van der Waals surface area contributed by atoms with Crippen LogP contribution in [-0.2, 0) is 20.7 Å². The van der Waals surface area contributed by atoms with Crippen LogP contribution in [0.4, 0.5) is 0 Å². The predicted octanol–water partition coefficient (Wildman–Crippen LogP) is 4.86. The van der Waals surface area contributed by atoms with Crippen LogP contribution in [0.1, 0.15) is 189 Å². The molecular formula is C44H75ClN6O3. The summed E-state index contributed by atoms with van der Waals surface area (Å²) < 4.78 is 15.7. The molecule has 0 bridgehead atoms. The van der Waals surface area contributed by atoms with Crippen LogP contribution in [0.15, 0.2) is 18.2 Å². The number of ether oxygens (including phenoxy) is 2. The van der Waals surface area contributed by atoms with E-state index in [1.165, 1.54) is 107 Å². The summed E-state index contributed by atoms with van der Waals surface area (Å²) in [6, 6.07) is 8.20. The molecule has 306 valence electrons. The van der Waals surface area contributed by atoms with Crippen LogP contribution >= 0.6 is 0 Å². The van der Waals surface area contributed by atoms with Crippen molar-refractivity contribution in [2.75, 3.05) is 39.4 Å². The molecule has 2 saturated heterocycles. The van der Waals surface area contributed by atoms with Crippen molar-refractivity contribution >= 4 is 11.9 Å². The third-order valence-corrected chi connectivity index (χ3v) is 13.0. The Bertz CT molecular complexity index is 1310. The van der Waals surface area contributed by atoms with Gasteiger partial charge in [0.15, 0.2) is 11.4 Å². The minimum atomic E-state index is -0.266. The third-order valence-electron chi connectivity index (χ3n) is 13.0. The highest BCUT2D eigenvalue weighted by atomic mass is 35.5. The summed E-state index contributed by atoms with van der Waals surface area (Å²) in [7, 11) is 0. The van der Waals surface area contributed by atoms with Crippen LogP contribution in [0, 0.1) is 0 Å². The lowest BCUT2D eigenvalue weighted by atomic mass is 9.89. The maximum absolute atomic E-state index is 12.7. The first kappa shape index (κ1) is 43.2. The molecule has 5 aliphatic rings. The van der Waals surface area contributed by atoms with E-state index in [0.29, 0.717) is 37.5 Å². The summed E-state index contributed by atoms with van der Waals surface area (Å²) in [5, 5.41) is 7.81. The summed E-state index contributed by atoms with van der Waals surface area (Å²) in [6.45, 7) is 4.66. The zero-order valence-corrected chi connectivity index (χ0v) is 34.4. The number of halogens is 1. The van der Waals surface area contributed by atoms with Crippen molar-refractivity contribution in [3.05, 3.63) is 34.9 Å². The fourth-order valence-corrected chi connectivity index (χ4v) is 9.96. The van der Waals surface area contributed by atoms with Gasteiger partial charge in [0, 0.05) is 45.2 Å². The second-order valence-electron chi connectivity index (χ2n) is 17.1. The molecule has 0 saturated carbocycles. The zero-order valence-electron chi connectivity index (χ0n) is 33.7. The Morgan fingerprint density at radius 2 is 1.22 bits per heavy atom. The van der Waals surface area contributed by atoms with E-state index in [0.717, 1.165) is 96.5 Å². The van der Waals surface area contributed by atoms with Gasteiger partial charge in [0.05, 0.1) is 13.2 Å². The smallest absolute Gasteiger partial charge is 0.351 e.